The van der Waals surface area contributed by atoms with Crippen molar-refractivity contribution >= 4 is 5.91 Å². The van der Waals surface area contributed by atoms with E-state index in [1.54, 1.807) is 0 Å². The van der Waals surface area contributed by atoms with E-state index < -0.39 is 5.60 Å². The number of nitrogens with one attached hydrogen (secondary N) is 1. The van der Waals surface area contributed by atoms with Gasteiger partial charge < -0.3 is 15.3 Å². The molecule has 23 heavy (non-hydrogen) atoms. The number of hydrogen-bond donors (Lipinski definition) is 2. The number of aliphatic hydroxyl groups is 1. The van der Waals surface area contributed by atoms with Crippen molar-refractivity contribution in [1.82, 2.24) is 10.2 Å². The molecule has 0 aromatic carbocycles. The fourth-order valence-corrected chi connectivity index (χ4v) is 7.49. The molecule has 2 unspecified atom stereocenters. The fraction of sp³-hybridized carbons (Fsp3) is 0.889. The Hall–Kier alpha value is -1.12. The maximum atomic E-state index is 13.2. The third-order valence-corrected chi connectivity index (χ3v) is 8.04. The number of carbonyl (C=O) groups excluding carboxylic acids is 1. The quantitative estimate of drug-likeness (QED) is 0.750. The van der Waals surface area contributed by atoms with Crippen molar-refractivity contribution in [2.75, 3.05) is 0 Å². The summed E-state index contributed by atoms with van der Waals surface area (Å²) in [6.45, 7) is 0. The summed E-state index contributed by atoms with van der Waals surface area (Å²) in [6.07, 6.45) is 6.91. The lowest BCUT2D eigenvalue weighted by Gasteiger charge is -2.72. The van der Waals surface area contributed by atoms with Gasteiger partial charge >= 0.3 is 0 Å². The fourth-order valence-electron chi connectivity index (χ4n) is 7.49. The molecule has 5 aliphatic carbocycles. The lowest BCUT2D eigenvalue weighted by atomic mass is 9.40. The number of fused-ring (bicyclic) bond motifs is 1. The second kappa shape index (κ2) is 3.75. The molecule has 5 saturated carbocycles. The third-order valence-electron chi connectivity index (χ3n) is 8.04. The molecule has 1 amide bonds. The van der Waals surface area contributed by atoms with Crippen LogP contribution in [0.25, 0.3) is 0 Å². The molecule has 5 nitrogen and oxygen atoms in total. The number of nitrogens with zero attached hydrogens (tertiary/aromatic N) is 2. The van der Waals surface area contributed by atoms with Gasteiger partial charge in [-0.2, -0.15) is 5.26 Å². The van der Waals surface area contributed by atoms with E-state index in [1.165, 1.54) is 6.42 Å². The van der Waals surface area contributed by atoms with E-state index >= 15 is 0 Å². The van der Waals surface area contributed by atoms with Crippen LogP contribution in [0.1, 0.15) is 44.9 Å². The summed E-state index contributed by atoms with van der Waals surface area (Å²) < 4.78 is 0. The van der Waals surface area contributed by atoms with Crippen LogP contribution in [0.5, 0.6) is 0 Å². The van der Waals surface area contributed by atoms with E-state index in [0.717, 1.165) is 38.5 Å². The number of amides is 1. The lowest BCUT2D eigenvalue weighted by molar-refractivity contribution is -0.231. The summed E-state index contributed by atoms with van der Waals surface area (Å²) in [4.78, 5) is 15.1. The number of nitriles is 1. The predicted molar refractivity (Wildman–Crippen MR) is 80.9 cm³/mol. The standard InChI is InChI=1S/C18H23N3O2/c19-7-12-2-10-3-13(10)21(12)16(22)15-18-5-9-1-11(14(18)20-15)6-17(23,4-9)8-18/h9-15,20,23H,1-6,8H2/t9-,10+,11+,12-,13-,14?,15+,17?,18+/m0/s1. The average molecular weight is 313 g/mol. The van der Waals surface area contributed by atoms with Gasteiger partial charge in [0.1, 0.15) is 6.04 Å². The third kappa shape index (κ3) is 1.44. The van der Waals surface area contributed by atoms with Crippen LogP contribution in [0.2, 0.25) is 0 Å². The van der Waals surface area contributed by atoms with E-state index in [0.29, 0.717) is 29.8 Å². The molecular formula is C18H23N3O2. The van der Waals surface area contributed by atoms with E-state index in [4.69, 9.17) is 0 Å². The second-order valence-electron chi connectivity index (χ2n) is 9.38. The van der Waals surface area contributed by atoms with E-state index in [-0.39, 0.29) is 23.4 Å². The minimum absolute atomic E-state index is 0.0249. The average Bonchev–Trinajstić information content (AvgIpc) is 3.13. The van der Waals surface area contributed by atoms with Crippen LogP contribution in [-0.4, -0.2) is 45.7 Å². The molecule has 0 aromatic heterocycles. The van der Waals surface area contributed by atoms with E-state index in [9.17, 15) is 15.2 Å². The predicted octanol–water partition coefficient (Wildman–Crippen LogP) is 0.781. The molecule has 2 aliphatic heterocycles. The molecule has 5 heteroatoms. The van der Waals surface area contributed by atoms with Crippen molar-refractivity contribution in [2.45, 2.75) is 74.7 Å². The van der Waals surface area contributed by atoms with Crippen molar-refractivity contribution in [1.29, 1.82) is 5.26 Å². The molecule has 0 aromatic rings. The number of likely N-dealkylation sites (tertiary alicyclic amines) is 1. The molecule has 9 atom stereocenters. The van der Waals surface area contributed by atoms with Crippen LogP contribution >= 0.6 is 0 Å². The Kier molecular flexibility index (Phi) is 2.16. The first-order valence-electron chi connectivity index (χ1n) is 9.23. The Morgan fingerprint density at radius 1 is 1.22 bits per heavy atom. The number of hydrogen-bond acceptors (Lipinski definition) is 4. The summed E-state index contributed by atoms with van der Waals surface area (Å²) in [5.74, 6) is 1.87. The first kappa shape index (κ1) is 13.2. The summed E-state index contributed by atoms with van der Waals surface area (Å²) in [5.41, 5.74) is -0.548. The highest BCUT2D eigenvalue weighted by Gasteiger charge is 2.72. The summed E-state index contributed by atoms with van der Waals surface area (Å²) >= 11 is 0. The van der Waals surface area contributed by atoms with Gasteiger partial charge in [0.05, 0.1) is 17.7 Å². The van der Waals surface area contributed by atoms with Crippen LogP contribution in [-0.2, 0) is 4.79 Å². The Morgan fingerprint density at radius 3 is 2.87 bits per heavy atom. The van der Waals surface area contributed by atoms with Crippen molar-refractivity contribution in [3.8, 4) is 6.07 Å². The van der Waals surface area contributed by atoms with Gasteiger partial charge in [-0.15, -0.1) is 0 Å². The van der Waals surface area contributed by atoms with Gasteiger partial charge in [-0.05, 0) is 62.7 Å². The zero-order valence-corrected chi connectivity index (χ0v) is 13.2. The minimum Gasteiger partial charge on any atom is -0.390 e. The molecule has 1 spiro atoms. The van der Waals surface area contributed by atoms with Crippen molar-refractivity contribution in [3.05, 3.63) is 0 Å². The van der Waals surface area contributed by atoms with Crippen LogP contribution in [0.15, 0.2) is 0 Å². The van der Waals surface area contributed by atoms with Crippen LogP contribution < -0.4 is 5.32 Å². The molecule has 4 bridgehead atoms. The number of rotatable bonds is 1. The van der Waals surface area contributed by atoms with Gasteiger partial charge in [0.25, 0.3) is 0 Å². The van der Waals surface area contributed by atoms with Gasteiger partial charge in [0.15, 0.2) is 0 Å². The van der Waals surface area contributed by atoms with Crippen LogP contribution in [0, 0.1) is 34.5 Å². The maximum absolute atomic E-state index is 13.2. The topological polar surface area (TPSA) is 76.4 Å². The largest absolute Gasteiger partial charge is 0.390 e. The number of piperidine rings is 1. The molecule has 7 aliphatic rings. The molecule has 2 N–H and O–H groups in total. The van der Waals surface area contributed by atoms with Gasteiger partial charge in [-0.25, -0.2) is 0 Å². The Labute approximate surface area is 136 Å². The molecule has 2 saturated heterocycles. The Bertz CT molecular complexity index is 659. The normalized spacial score (nSPS) is 60.7. The van der Waals surface area contributed by atoms with Crippen molar-refractivity contribution in [3.63, 3.8) is 0 Å². The van der Waals surface area contributed by atoms with Gasteiger partial charge in [-0.1, -0.05) is 0 Å². The first-order chi connectivity index (χ1) is 11.0. The summed E-state index contributed by atoms with van der Waals surface area (Å²) in [6, 6.07) is 2.71. The van der Waals surface area contributed by atoms with Crippen molar-refractivity contribution in [2.24, 2.45) is 23.2 Å². The van der Waals surface area contributed by atoms with Crippen molar-refractivity contribution < 1.29 is 9.90 Å². The smallest absolute Gasteiger partial charge is 0.241 e. The highest BCUT2D eigenvalue weighted by Crippen LogP contribution is 2.66. The summed E-state index contributed by atoms with van der Waals surface area (Å²) in [7, 11) is 0. The SMILES string of the molecule is N#C[C@@H]1C[C@@H]2C[C@@H]2N1C(=O)[C@H]1NC2[C@@H]3C[C@H]4CC(O)(C3)C[C@]21C4. The van der Waals surface area contributed by atoms with Gasteiger partial charge in [0.2, 0.25) is 5.91 Å². The monoisotopic (exact) mass is 313 g/mol. The van der Waals surface area contributed by atoms with Gasteiger partial charge in [0, 0.05) is 17.5 Å². The van der Waals surface area contributed by atoms with E-state index in [1.807, 2.05) is 4.90 Å². The Balaban J connectivity index is 1.33. The molecule has 0 radical (unpaired) electrons. The first-order valence-corrected chi connectivity index (χ1v) is 9.23. The highest BCUT2D eigenvalue weighted by molar-refractivity contribution is 5.86. The van der Waals surface area contributed by atoms with Crippen LogP contribution in [0.4, 0.5) is 0 Å². The van der Waals surface area contributed by atoms with E-state index in [2.05, 4.69) is 11.4 Å². The highest BCUT2D eigenvalue weighted by atomic mass is 16.3. The Morgan fingerprint density at radius 2 is 2.09 bits per heavy atom. The minimum atomic E-state index is -0.523. The van der Waals surface area contributed by atoms with Gasteiger partial charge in [-0.3, -0.25) is 4.79 Å². The summed E-state index contributed by atoms with van der Waals surface area (Å²) in [5, 5.41) is 23.9. The molecule has 2 heterocycles. The lowest BCUT2D eigenvalue weighted by Crippen LogP contribution is -2.83. The molecule has 122 valence electrons. The number of carbonyl (C=O) groups is 1. The maximum Gasteiger partial charge on any atom is 0.241 e. The zero-order chi connectivity index (χ0) is 15.6. The van der Waals surface area contributed by atoms with Crippen LogP contribution in [0.3, 0.4) is 0 Å². The molecular weight excluding hydrogens is 290 g/mol. The second-order valence-corrected chi connectivity index (χ2v) is 9.38. The molecule has 7 fully saturated rings. The zero-order valence-electron chi connectivity index (χ0n) is 13.2. The molecule has 7 rings (SSSR count).